The van der Waals surface area contributed by atoms with Crippen molar-refractivity contribution in [1.29, 1.82) is 0 Å². The second-order valence-corrected chi connectivity index (χ2v) is 4.13. The molecule has 0 aromatic rings. The third-order valence-electron chi connectivity index (χ3n) is 2.18. The van der Waals surface area contributed by atoms with Gasteiger partial charge in [-0.15, -0.1) is 0 Å². The Balaban J connectivity index is 3.76. The van der Waals surface area contributed by atoms with Gasteiger partial charge in [0.05, 0.1) is 0 Å². The molecule has 14 heavy (non-hydrogen) atoms. The Morgan fingerprint density at radius 2 is 1.93 bits per heavy atom. The Morgan fingerprint density at radius 1 is 1.29 bits per heavy atom. The second kappa shape index (κ2) is 7.74. The topological polar surface area (TPSA) is 37.3 Å². The van der Waals surface area contributed by atoms with E-state index in [-0.39, 0.29) is 18.3 Å². The van der Waals surface area contributed by atoms with Crippen molar-refractivity contribution < 1.29 is 9.90 Å². The molecule has 1 unspecified atom stereocenters. The SMILES string of the molecule is CC(C)/C=C/C(=O)C(C)CCCCO. The molecule has 0 radical (unpaired) electrons. The number of hydrogen-bond donors (Lipinski definition) is 1. The summed E-state index contributed by atoms with van der Waals surface area (Å²) in [4.78, 5) is 11.5. The van der Waals surface area contributed by atoms with Crippen LogP contribution in [0.25, 0.3) is 0 Å². The first-order chi connectivity index (χ1) is 6.57. The third kappa shape index (κ3) is 6.84. The van der Waals surface area contributed by atoms with E-state index < -0.39 is 0 Å². The summed E-state index contributed by atoms with van der Waals surface area (Å²) in [7, 11) is 0. The van der Waals surface area contributed by atoms with Gasteiger partial charge in [0, 0.05) is 12.5 Å². The number of hydrogen-bond acceptors (Lipinski definition) is 2. The molecule has 0 fully saturated rings. The van der Waals surface area contributed by atoms with E-state index in [9.17, 15) is 4.79 Å². The van der Waals surface area contributed by atoms with Crippen LogP contribution in [0.4, 0.5) is 0 Å². The lowest BCUT2D eigenvalue weighted by molar-refractivity contribution is -0.118. The molecule has 0 amide bonds. The van der Waals surface area contributed by atoms with Gasteiger partial charge in [-0.2, -0.15) is 0 Å². The summed E-state index contributed by atoms with van der Waals surface area (Å²) in [5.74, 6) is 0.733. The fourth-order valence-corrected chi connectivity index (χ4v) is 1.16. The van der Waals surface area contributed by atoms with Crippen LogP contribution in [0.1, 0.15) is 40.0 Å². The van der Waals surface area contributed by atoms with Crippen LogP contribution in [0, 0.1) is 11.8 Å². The molecule has 0 spiro atoms. The van der Waals surface area contributed by atoms with Gasteiger partial charge in [0.1, 0.15) is 0 Å². The summed E-state index contributed by atoms with van der Waals surface area (Å²) in [6, 6.07) is 0. The molecular weight excluding hydrogens is 176 g/mol. The Bertz CT molecular complexity index is 183. The average molecular weight is 198 g/mol. The zero-order valence-electron chi connectivity index (χ0n) is 9.49. The number of carbonyl (C=O) groups excluding carboxylic acids is 1. The normalized spacial score (nSPS) is 13.8. The molecule has 0 aliphatic carbocycles. The molecule has 82 valence electrons. The molecule has 0 aromatic heterocycles. The Kier molecular flexibility index (Phi) is 7.40. The maximum absolute atomic E-state index is 11.5. The van der Waals surface area contributed by atoms with Crippen LogP contribution in [0.3, 0.4) is 0 Å². The van der Waals surface area contributed by atoms with E-state index in [1.807, 2.05) is 13.0 Å². The monoisotopic (exact) mass is 198 g/mol. The largest absolute Gasteiger partial charge is 0.396 e. The summed E-state index contributed by atoms with van der Waals surface area (Å²) in [6.45, 7) is 6.29. The van der Waals surface area contributed by atoms with Gasteiger partial charge in [-0.25, -0.2) is 0 Å². The molecule has 1 atom stereocenters. The number of aliphatic hydroxyl groups is 1. The molecular formula is C12H22O2. The van der Waals surface area contributed by atoms with E-state index in [1.54, 1.807) is 6.08 Å². The molecule has 0 aromatic carbocycles. The van der Waals surface area contributed by atoms with E-state index in [1.165, 1.54) is 0 Å². The van der Waals surface area contributed by atoms with Crippen molar-refractivity contribution in [2.75, 3.05) is 6.61 Å². The molecule has 0 saturated carbocycles. The smallest absolute Gasteiger partial charge is 0.158 e. The Hall–Kier alpha value is -0.630. The maximum atomic E-state index is 11.5. The molecule has 2 heteroatoms. The summed E-state index contributed by atoms with van der Waals surface area (Å²) in [5.41, 5.74) is 0. The molecule has 0 bridgehead atoms. The predicted octanol–water partition coefficient (Wildman–Crippen LogP) is 2.57. The highest BCUT2D eigenvalue weighted by Crippen LogP contribution is 2.10. The van der Waals surface area contributed by atoms with Gasteiger partial charge >= 0.3 is 0 Å². The number of ketones is 1. The maximum Gasteiger partial charge on any atom is 0.158 e. The minimum atomic E-state index is 0.0940. The number of allylic oxidation sites excluding steroid dienone is 2. The molecule has 0 rings (SSSR count). The third-order valence-corrected chi connectivity index (χ3v) is 2.18. The highest BCUT2D eigenvalue weighted by atomic mass is 16.2. The van der Waals surface area contributed by atoms with Crippen molar-refractivity contribution in [3.8, 4) is 0 Å². The molecule has 1 N–H and O–H groups in total. The van der Waals surface area contributed by atoms with Crippen LogP contribution in [-0.2, 0) is 4.79 Å². The lowest BCUT2D eigenvalue weighted by Gasteiger charge is -2.06. The zero-order valence-corrected chi connectivity index (χ0v) is 9.49. The fourth-order valence-electron chi connectivity index (χ4n) is 1.16. The van der Waals surface area contributed by atoms with Crippen molar-refractivity contribution in [3.05, 3.63) is 12.2 Å². The van der Waals surface area contributed by atoms with E-state index >= 15 is 0 Å². The van der Waals surface area contributed by atoms with Crippen LogP contribution in [-0.4, -0.2) is 17.5 Å². The summed E-state index contributed by atoms with van der Waals surface area (Å²) in [6.07, 6.45) is 6.23. The lowest BCUT2D eigenvalue weighted by Crippen LogP contribution is -2.08. The van der Waals surface area contributed by atoms with Crippen molar-refractivity contribution in [2.45, 2.75) is 40.0 Å². The van der Waals surface area contributed by atoms with Crippen molar-refractivity contribution >= 4 is 5.78 Å². The van der Waals surface area contributed by atoms with Gasteiger partial charge in [0.15, 0.2) is 5.78 Å². The molecule has 0 aliphatic heterocycles. The van der Waals surface area contributed by atoms with Crippen LogP contribution in [0.2, 0.25) is 0 Å². The van der Waals surface area contributed by atoms with E-state index in [0.717, 1.165) is 19.3 Å². The minimum absolute atomic E-state index is 0.0940. The molecule has 0 saturated heterocycles. The van der Waals surface area contributed by atoms with E-state index in [0.29, 0.717) is 5.92 Å². The van der Waals surface area contributed by atoms with Crippen LogP contribution < -0.4 is 0 Å². The zero-order chi connectivity index (χ0) is 11.0. The molecule has 2 nitrogen and oxygen atoms in total. The quantitative estimate of drug-likeness (QED) is 0.504. The van der Waals surface area contributed by atoms with Gasteiger partial charge in [0.2, 0.25) is 0 Å². The summed E-state index contributed by atoms with van der Waals surface area (Å²) >= 11 is 0. The van der Waals surface area contributed by atoms with Crippen molar-refractivity contribution in [3.63, 3.8) is 0 Å². The van der Waals surface area contributed by atoms with Gasteiger partial charge in [-0.1, -0.05) is 33.3 Å². The fraction of sp³-hybridized carbons (Fsp3) is 0.750. The minimum Gasteiger partial charge on any atom is -0.396 e. The lowest BCUT2D eigenvalue weighted by atomic mass is 9.98. The Labute approximate surface area is 87.0 Å². The van der Waals surface area contributed by atoms with Crippen LogP contribution >= 0.6 is 0 Å². The number of aliphatic hydroxyl groups excluding tert-OH is 1. The Morgan fingerprint density at radius 3 is 2.43 bits per heavy atom. The first-order valence-corrected chi connectivity index (χ1v) is 5.40. The first kappa shape index (κ1) is 13.4. The van der Waals surface area contributed by atoms with Gasteiger partial charge in [0.25, 0.3) is 0 Å². The van der Waals surface area contributed by atoms with Gasteiger partial charge < -0.3 is 5.11 Å². The second-order valence-electron chi connectivity index (χ2n) is 4.13. The van der Waals surface area contributed by atoms with Crippen molar-refractivity contribution in [2.24, 2.45) is 11.8 Å². The average Bonchev–Trinajstić information content (AvgIpc) is 2.14. The van der Waals surface area contributed by atoms with Crippen LogP contribution in [0.5, 0.6) is 0 Å². The number of rotatable bonds is 7. The van der Waals surface area contributed by atoms with Crippen molar-refractivity contribution in [1.82, 2.24) is 0 Å². The van der Waals surface area contributed by atoms with Gasteiger partial charge in [-0.3, -0.25) is 4.79 Å². The summed E-state index contributed by atoms with van der Waals surface area (Å²) < 4.78 is 0. The number of carbonyl (C=O) groups is 1. The molecule has 0 aliphatic rings. The van der Waals surface area contributed by atoms with E-state index in [4.69, 9.17) is 5.11 Å². The van der Waals surface area contributed by atoms with Gasteiger partial charge in [-0.05, 0) is 24.8 Å². The predicted molar refractivity (Wildman–Crippen MR) is 59.1 cm³/mol. The number of unbranched alkanes of at least 4 members (excludes halogenated alkanes) is 1. The van der Waals surface area contributed by atoms with E-state index in [2.05, 4.69) is 13.8 Å². The molecule has 0 heterocycles. The summed E-state index contributed by atoms with van der Waals surface area (Å²) in [5, 5.41) is 8.59. The highest BCUT2D eigenvalue weighted by molar-refractivity contribution is 5.91. The first-order valence-electron chi connectivity index (χ1n) is 5.40. The van der Waals surface area contributed by atoms with Crippen LogP contribution in [0.15, 0.2) is 12.2 Å². The highest BCUT2D eigenvalue weighted by Gasteiger charge is 2.08. The standard InChI is InChI=1S/C12H22O2/c1-10(2)7-8-12(14)11(3)6-4-5-9-13/h7-8,10-11,13H,4-6,9H2,1-3H3/b8-7+.